The molecule has 0 saturated heterocycles. The van der Waals surface area contributed by atoms with Crippen LogP contribution in [0.5, 0.6) is 0 Å². The van der Waals surface area contributed by atoms with Gasteiger partial charge in [-0.15, -0.1) is 0 Å². The van der Waals surface area contributed by atoms with Gasteiger partial charge in [0.1, 0.15) is 17.7 Å². The zero-order chi connectivity index (χ0) is 16.8. The molecule has 0 radical (unpaired) electrons. The van der Waals surface area contributed by atoms with Crippen LogP contribution in [0.25, 0.3) is 5.76 Å². The van der Waals surface area contributed by atoms with E-state index in [4.69, 9.17) is 4.74 Å². The fraction of sp³-hybridized carbons (Fsp3) is 0.100. The summed E-state index contributed by atoms with van der Waals surface area (Å²) in [4.78, 5) is 25.5. The van der Waals surface area contributed by atoms with Crippen molar-refractivity contribution in [3.05, 3.63) is 88.3 Å². The minimum Gasteiger partial charge on any atom is -0.485 e. The minimum atomic E-state index is -0.546. The molecule has 1 unspecified atom stereocenters. The summed E-state index contributed by atoms with van der Waals surface area (Å²) in [6.45, 7) is 1.74. The van der Waals surface area contributed by atoms with Crippen molar-refractivity contribution in [2.24, 2.45) is 0 Å². The largest absolute Gasteiger partial charge is 0.485 e. The second kappa shape index (κ2) is 5.27. The highest BCUT2D eigenvalue weighted by molar-refractivity contribution is 6.28. The first-order valence-corrected chi connectivity index (χ1v) is 7.63. The predicted octanol–water partition coefficient (Wildman–Crippen LogP) is 3.96. The van der Waals surface area contributed by atoms with Crippen molar-refractivity contribution in [1.29, 1.82) is 0 Å². The second-order valence-electron chi connectivity index (χ2n) is 5.81. The molecule has 4 heteroatoms. The number of Topliss-reactive ketones (excluding diaryl/α,β-unsaturated/α-hetero) is 2. The lowest BCUT2D eigenvalue weighted by atomic mass is 9.80. The van der Waals surface area contributed by atoms with E-state index in [0.717, 1.165) is 0 Å². The average molecular weight is 320 g/mol. The molecule has 0 spiro atoms. The van der Waals surface area contributed by atoms with Gasteiger partial charge in [-0.25, -0.2) is 4.39 Å². The van der Waals surface area contributed by atoms with Gasteiger partial charge in [0.05, 0.1) is 5.57 Å². The van der Waals surface area contributed by atoms with Crippen molar-refractivity contribution in [3.8, 4) is 0 Å². The molecule has 1 aliphatic carbocycles. The molecule has 2 aromatic carbocycles. The van der Waals surface area contributed by atoms with Gasteiger partial charge in [0.25, 0.3) is 0 Å². The van der Waals surface area contributed by atoms with Gasteiger partial charge in [0.15, 0.2) is 11.6 Å². The fourth-order valence-corrected chi connectivity index (χ4v) is 3.14. The minimum absolute atomic E-state index is 0.179. The van der Waals surface area contributed by atoms with E-state index in [9.17, 15) is 14.0 Å². The lowest BCUT2D eigenvalue weighted by Crippen LogP contribution is -2.30. The Morgan fingerprint density at radius 3 is 2.21 bits per heavy atom. The van der Waals surface area contributed by atoms with Gasteiger partial charge in [-0.2, -0.15) is 0 Å². The summed E-state index contributed by atoms with van der Waals surface area (Å²) < 4.78 is 18.9. The van der Waals surface area contributed by atoms with E-state index in [0.29, 0.717) is 33.6 Å². The Morgan fingerprint density at radius 2 is 1.54 bits per heavy atom. The van der Waals surface area contributed by atoms with Crippen LogP contribution in [-0.4, -0.2) is 17.7 Å². The maximum absolute atomic E-state index is 13.1. The number of benzene rings is 2. The highest BCUT2D eigenvalue weighted by Crippen LogP contribution is 2.36. The molecule has 1 heterocycles. The number of hydrogen-bond acceptors (Lipinski definition) is 3. The number of ketones is 2. The molecule has 3 nitrogen and oxygen atoms in total. The SMILES string of the molecule is CC1OC(c2ccc(F)cc2)=CC2=C1C(=O)c1ccccc1C2=O. The van der Waals surface area contributed by atoms with Crippen molar-refractivity contribution in [2.75, 3.05) is 0 Å². The Bertz CT molecular complexity index is 936. The van der Waals surface area contributed by atoms with Crippen LogP contribution in [-0.2, 0) is 4.74 Å². The molecule has 0 aromatic heterocycles. The number of ether oxygens (including phenoxy) is 1. The maximum Gasteiger partial charge on any atom is 0.194 e. The zero-order valence-corrected chi connectivity index (χ0v) is 12.9. The first-order chi connectivity index (χ1) is 11.6. The van der Waals surface area contributed by atoms with Crippen molar-refractivity contribution < 1.29 is 18.7 Å². The van der Waals surface area contributed by atoms with Crippen LogP contribution >= 0.6 is 0 Å². The molecule has 118 valence electrons. The lowest BCUT2D eigenvalue weighted by Gasteiger charge is -2.29. The smallest absolute Gasteiger partial charge is 0.194 e. The summed E-state index contributed by atoms with van der Waals surface area (Å²) in [5.74, 6) is -0.250. The van der Waals surface area contributed by atoms with Gasteiger partial charge in [0, 0.05) is 22.3 Å². The Balaban J connectivity index is 1.86. The lowest BCUT2D eigenvalue weighted by molar-refractivity contribution is 0.0938. The number of rotatable bonds is 1. The normalized spacial score (nSPS) is 19.4. The quantitative estimate of drug-likeness (QED) is 0.799. The van der Waals surface area contributed by atoms with Gasteiger partial charge >= 0.3 is 0 Å². The fourth-order valence-electron chi connectivity index (χ4n) is 3.14. The van der Waals surface area contributed by atoms with E-state index in [1.165, 1.54) is 12.1 Å². The molecule has 0 fully saturated rings. The first kappa shape index (κ1) is 14.6. The summed E-state index contributed by atoms with van der Waals surface area (Å²) in [6.07, 6.45) is 1.04. The van der Waals surface area contributed by atoms with Gasteiger partial charge in [-0.05, 0) is 37.3 Å². The van der Waals surface area contributed by atoms with E-state index in [-0.39, 0.29) is 17.4 Å². The molecule has 0 saturated carbocycles. The maximum atomic E-state index is 13.1. The first-order valence-electron chi connectivity index (χ1n) is 7.63. The van der Waals surface area contributed by atoms with E-state index >= 15 is 0 Å². The second-order valence-corrected chi connectivity index (χ2v) is 5.81. The molecule has 0 N–H and O–H groups in total. The summed E-state index contributed by atoms with van der Waals surface area (Å²) in [7, 11) is 0. The van der Waals surface area contributed by atoms with Crippen molar-refractivity contribution in [1.82, 2.24) is 0 Å². The molecule has 0 bridgehead atoms. The molecule has 1 atom stereocenters. The summed E-state index contributed by atoms with van der Waals surface area (Å²) in [5.41, 5.74) is 2.22. The van der Waals surface area contributed by atoms with Crippen LogP contribution in [0, 0.1) is 5.82 Å². The van der Waals surface area contributed by atoms with Gasteiger partial charge < -0.3 is 4.74 Å². The van der Waals surface area contributed by atoms with Crippen LogP contribution in [0.1, 0.15) is 33.2 Å². The molecule has 24 heavy (non-hydrogen) atoms. The van der Waals surface area contributed by atoms with Crippen LogP contribution in [0.2, 0.25) is 0 Å². The van der Waals surface area contributed by atoms with Gasteiger partial charge in [-0.3, -0.25) is 9.59 Å². The average Bonchev–Trinajstić information content (AvgIpc) is 2.60. The molecule has 2 aliphatic rings. The molecule has 2 aromatic rings. The molecular formula is C20H13FO3. The summed E-state index contributed by atoms with van der Waals surface area (Å²) in [5, 5.41) is 0. The molecule has 0 amide bonds. The van der Waals surface area contributed by atoms with E-state index in [1.54, 1.807) is 49.4 Å². The highest BCUT2D eigenvalue weighted by atomic mass is 19.1. The highest BCUT2D eigenvalue weighted by Gasteiger charge is 2.37. The van der Waals surface area contributed by atoms with Crippen molar-refractivity contribution in [2.45, 2.75) is 13.0 Å². The third-order valence-electron chi connectivity index (χ3n) is 4.31. The Kier molecular flexibility index (Phi) is 3.20. The monoisotopic (exact) mass is 320 g/mol. The third-order valence-corrected chi connectivity index (χ3v) is 4.31. The Hall–Kier alpha value is -3.01. The van der Waals surface area contributed by atoms with Crippen LogP contribution < -0.4 is 0 Å². The van der Waals surface area contributed by atoms with E-state index in [2.05, 4.69) is 0 Å². The number of allylic oxidation sites excluding steroid dienone is 2. The van der Waals surface area contributed by atoms with E-state index < -0.39 is 6.10 Å². The predicted molar refractivity (Wildman–Crippen MR) is 87.1 cm³/mol. The van der Waals surface area contributed by atoms with Gasteiger partial charge in [0.2, 0.25) is 0 Å². The molecule has 4 rings (SSSR count). The van der Waals surface area contributed by atoms with Gasteiger partial charge in [-0.1, -0.05) is 24.3 Å². The van der Waals surface area contributed by atoms with Crippen molar-refractivity contribution in [3.63, 3.8) is 0 Å². The topological polar surface area (TPSA) is 43.4 Å². The molecule has 1 aliphatic heterocycles. The number of carbonyl (C=O) groups is 2. The Labute approximate surface area is 138 Å². The Morgan fingerprint density at radius 1 is 0.917 bits per heavy atom. The summed E-state index contributed by atoms with van der Waals surface area (Å²) in [6, 6.07) is 12.6. The van der Waals surface area contributed by atoms with Crippen LogP contribution in [0.4, 0.5) is 4.39 Å². The van der Waals surface area contributed by atoms with Crippen LogP contribution in [0.15, 0.2) is 65.8 Å². The van der Waals surface area contributed by atoms with Crippen LogP contribution in [0.3, 0.4) is 0 Å². The number of fused-ring (bicyclic) bond motifs is 1. The van der Waals surface area contributed by atoms with Crippen molar-refractivity contribution >= 4 is 17.3 Å². The summed E-state index contributed by atoms with van der Waals surface area (Å²) >= 11 is 0. The van der Waals surface area contributed by atoms with E-state index in [1.807, 2.05) is 0 Å². The third kappa shape index (κ3) is 2.11. The number of carbonyl (C=O) groups excluding carboxylic acids is 2. The zero-order valence-electron chi connectivity index (χ0n) is 12.9. The number of hydrogen-bond donors (Lipinski definition) is 0. The number of halogens is 1. The molecular weight excluding hydrogens is 307 g/mol. The standard InChI is InChI=1S/C20H13FO3/c1-11-18-16(10-17(24-11)12-6-8-13(21)9-7-12)19(22)14-4-2-3-5-15(14)20(18)23/h2-11H,1H3.